The summed E-state index contributed by atoms with van der Waals surface area (Å²) in [5.74, 6) is 2.08. The van der Waals surface area contributed by atoms with Crippen LogP contribution in [0.15, 0.2) is 78.9 Å². The van der Waals surface area contributed by atoms with Crippen molar-refractivity contribution in [3.8, 4) is 34.1 Å². The van der Waals surface area contributed by atoms with Gasteiger partial charge in [-0.05, 0) is 31.5 Å². The van der Waals surface area contributed by atoms with Crippen LogP contribution in [0, 0.1) is 0 Å². The lowest BCUT2D eigenvalue weighted by molar-refractivity contribution is 0.0925. The van der Waals surface area contributed by atoms with E-state index in [4.69, 9.17) is 14.5 Å². The van der Waals surface area contributed by atoms with Gasteiger partial charge in [0.15, 0.2) is 0 Å². The van der Waals surface area contributed by atoms with Crippen molar-refractivity contribution in [2.45, 2.75) is 45.7 Å². The van der Waals surface area contributed by atoms with Gasteiger partial charge in [-0.1, -0.05) is 80.4 Å². The van der Waals surface area contributed by atoms with Crippen molar-refractivity contribution in [2.75, 3.05) is 14.2 Å². The van der Waals surface area contributed by atoms with E-state index in [2.05, 4.69) is 12.2 Å². The number of unbranched alkanes of at least 4 members (excludes halogenated alkanes) is 1. The highest BCUT2D eigenvalue weighted by Crippen LogP contribution is 2.33. The highest BCUT2D eigenvalue weighted by Gasteiger charge is 2.27. The van der Waals surface area contributed by atoms with E-state index in [1.165, 1.54) is 0 Å². The second kappa shape index (κ2) is 12.3. The lowest BCUT2D eigenvalue weighted by atomic mass is 9.99. The van der Waals surface area contributed by atoms with E-state index in [9.17, 15) is 4.79 Å². The van der Waals surface area contributed by atoms with Crippen LogP contribution in [-0.4, -0.2) is 29.7 Å². The molecule has 1 amide bonds. The molecule has 0 fully saturated rings. The van der Waals surface area contributed by atoms with Gasteiger partial charge in [-0.3, -0.25) is 4.79 Å². The molecule has 0 aliphatic heterocycles. The first kappa shape index (κ1) is 26.0. The maximum absolute atomic E-state index is 14.1. The van der Waals surface area contributed by atoms with Gasteiger partial charge in [0.2, 0.25) is 0 Å². The number of hydrogen-bond donors (Lipinski definition) is 1. The number of carbonyl (C=O) groups excluding carboxylic acids is 1. The quantitative estimate of drug-likeness (QED) is 0.244. The number of benzene rings is 3. The van der Waals surface area contributed by atoms with Crippen LogP contribution in [0.3, 0.4) is 0 Å². The Hall–Kier alpha value is -4.06. The third-order valence-corrected chi connectivity index (χ3v) is 6.54. The first-order valence-corrected chi connectivity index (χ1v) is 12.8. The van der Waals surface area contributed by atoms with E-state index in [0.29, 0.717) is 23.7 Å². The second-order valence-corrected chi connectivity index (χ2v) is 8.89. The Kier molecular flexibility index (Phi) is 8.62. The van der Waals surface area contributed by atoms with Crippen LogP contribution in [0.1, 0.15) is 55.2 Å². The molecule has 192 valence electrons. The average molecular weight is 498 g/mol. The van der Waals surface area contributed by atoms with Crippen molar-refractivity contribution in [3.05, 3.63) is 90.1 Å². The SMILES string of the molecule is CCCCC(NC(=O)c1c(-c2cccc(OC)c2)nc(-c2ccccc2)n1CC)c1ccccc1OC. The molecule has 4 aromatic rings. The Morgan fingerprint density at radius 3 is 2.35 bits per heavy atom. The molecule has 0 saturated carbocycles. The summed E-state index contributed by atoms with van der Waals surface area (Å²) in [6.07, 6.45) is 2.82. The molecule has 6 nitrogen and oxygen atoms in total. The molecule has 0 spiro atoms. The van der Waals surface area contributed by atoms with Gasteiger partial charge in [-0.15, -0.1) is 0 Å². The fourth-order valence-corrected chi connectivity index (χ4v) is 4.66. The van der Waals surface area contributed by atoms with Gasteiger partial charge in [-0.25, -0.2) is 4.98 Å². The predicted octanol–water partition coefficient (Wildman–Crippen LogP) is 6.92. The Morgan fingerprint density at radius 2 is 1.65 bits per heavy atom. The van der Waals surface area contributed by atoms with Gasteiger partial charge in [0, 0.05) is 23.2 Å². The van der Waals surface area contributed by atoms with Crippen LogP contribution < -0.4 is 14.8 Å². The predicted molar refractivity (Wildman–Crippen MR) is 148 cm³/mol. The number of ether oxygens (including phenoxy) is 2. The van der Waals surface area contributed by atoms with E-state index in [-0.39, 0.29) is 11.9 Å². The van der Waals surface area contributed by atoms with E-state index in [0.717, 1.165) is 47.5 Å². The van der Waals surface area contributed by atoms with Crippen molar-refractivity contribution < 1.29 is 14.3 Å². The summed E-state index contributed by atoms with van der Waals surface area (Å²) in [4.78, 5) is 19.1. The first-order valence-electron chi connectivity index (χ1n) is 12.8. The van der Waals surface area contributed by atoms with Crippen molar-refractivity contribution in [1.29, 1.82) is 0 Å². The molecule has 1 N–H and O–H groups in total. The van der Waals surface area contributed by atoms with Gasteiger partial charge in [-0.2, -0.15) is 0 Å². The average Bonchev–Trinajstić information content (AvgIpc) is 3.35. The van der Waals surface area contributed by atoms with E-state index in [1.807, 2.05) is 90.4 Å². The van der Waals surface area contributed by atoms with Gasteiger partial charge in [0.1, 0.15) is 28.7 Å². The minimum Gasteiger partial charge on any atom is -0.497 e. The molecule has 1 aromatic heterocycles. The number of amides is 1. The fraction of sp³-hybridized carbons (Fsp3) is 0.290. The molecule has 0 aliphatic rings. The zero-order valence-corrected chi connectivity index (χ0v) is 22.0. The highest BCUT2D eigenvalue weighted by molar-refractivity contribution is 6.00. The van der Waals surface area contributed by atoms with E-state index < -0.39 is 0 Å². The molecular weight excluding hydrogens is 462 g/mol. The summed E-state index contributed by atoms with van der Waals surface area (Å²) in [7, 11) is 3.30. The number of imidazole rings is 1. The van der Waals surface area contributed by atoms with Gasteiger partial charge < -0.3 is 19.4 Å². The largest absolute Gasteiger partial charge is 0.497 e. The van der Waals surface area contributed by atoms with E-state index in [1.54, 1.807) is 14.2 Å². The molecule has 0 aliphatic carbocycles. The van der Waals surface area contributed by atoms with Gasteiger partial charge >= 0.3 is 0 Å². The number of aromatic nitrogens is 2. The standard InChI is InChI=1S/C31H35N3O3/c1-5-7-19-26(25-18-11-12-20-27(25)37-4)32-31(35)29-28(23-16-13-17-24(21-23)36-3)33-30(34(29)6-2)22-14-9-8-10-15-22/h8-18,20-21,26H,5-7,19H2,1-4H3,(H,32,35). The van der Waals surface area contributed by atoms with Crippen molar-refractivity contribution in [2.24, 2.45) is 0 Å². The molecule has 1 atom stereocenters. The van der Waals surface area contributed by atoms with E-state index >= 15 is 0 Å². The number of nitrogens with one attached hydrogen (secondary N) is 1. The van der Waals surface area contributed by atoms with Crippen LogP contribution in [0.5, 0.6) is 11.5 Å². The first-order chi connectivity index (χ1) is 18.1. The monoisotopic (exact) mass is 497 g/mol. The molecule has 0 saturated heterocycles. The van der Waals surface area contributed by atoms with Crippen LogP contribution in [0.25, 0.3) is 22.6 Å². The zero-order valence-electron chi connectivity index (χ0n) is 22.0. The second-order valence-electron chi connectivity index (χ2n) is 8.89. The smallest absolute Gasteiger partial charge is 0.270 e. The number of methoxy groups -OCH3 is 2. The normalized spacial score (nSPS) is 11.7. The summed E-state index contributed by atoms with van der Waals surface area (Å²) >= 11 is 0. The maximum Gasteiger partial charge on any atom is 0.270 e. The van der Waals surface area contributed by atoms with Crippen LogP contribution in [0.4, 0.5) is 0 Å². The Bertz CT molecular complexity index is 1330. The molecule has 6 heteroatoms. The van der Waals surface area contributed by atoms with Crippen LogP contribution in [0.2, 0.25) is 0 Å². The number of nitrogens with zero attached hydrogens (tertiary/aromatic N) is 2. The Labute approximate surface area is 219 Å². The number of hydrogen-bond acceptors (Lipinski definition) is 4. The molecule has 0 radical (unpaired) electrons. The summed E-state index contributed by atoms with van der Waals surface area (Å²) in [5.41, 5.74) is 3.93. The fourth-order valence-electron chi connectivity index (χ4n) is 4.66. The van der Waals surface area contributed by atoms with Crippen molar-refractivity contribution >= 4 is 5.91 Å². The van der Waals surface area contributed by atoms with Crippen molar-refractivity contribution in [3.63, 3.8) is 0 Å². The Balaban J connectivity index is 1.83. The van der Waals surface area contributed by atoms with Gasteiger partial charge in [0.25, 0.3) is 5.91 Å². The minimum absolute atomic E-state index is 0.165. The molecule has 1 unspecified atom stereocenters. The molecule has 3 aromatic carbocycles. The number of carbonyl (C=O) groups is 1. The summed E-state index contributed by atoms with van der Waals surface area (Å²) in [6.45, 7) is 4.79. The van der Waals surface area contributed by atoms with Crippen LogP contribution >= 0.6 is 0 Å². The van der Waals surface area contributed by atoms with Crippen LogP contribution in [-0.2, 0) is 6.54 Å². The third kappa shape index (κ3) is 5.69. The molecule has 0 bridgehead atoms. The number of rotatable bonds is 11. The molecule has 37 heavy (non-hydrogen) atoms. The number of para-hydroxylation sites is 1. The zero-order chi connectivity index (χ0) is 26.2. The molecular formula is C31H35N3O3. The van der Waals surface area contributed by atoms with Gasteiger partial charge in [0.05, 0.1) is 20.3 Å². The highest BCUT2D eigenvalue weighted by atomic mass is 16.5. The topological polar surface area (TPSA) is 65.4 Å². The molecule has 4 rings (SSSR count). The molecule has 1 heterocycles. The maximum atomic E-state index is 14.1. The summed E-state index contributed by atoms with van der Waals surface area (Å²) < 4.78 is 13.1. The summed E-state index contributed by atoms with van der Waals surface area (Å²) in [5, 5.41) is 3.33. The summed E-state index contributed by atoms with van der Waals surface area (Å²) in [6, 6.07) is 25.4. The Morgan fingerprint density at radius 1 is 0.919 bits per heavy atom. The lowest BCUT2D eigenvalue weighted by Crippen LogP contribution is -2.31. The third-order valence-electron chi connectivity index (χ3n) is 6.54. The van der Waals surface area contributed by atoms with Crippen molar-refractivity contribution in [1.82, 2.24) is 14.9 Å². The lowest BCUT2D eigenvalue weighted by Gasteiger charge is -2.22. The minimum atomic E-state index is -0.192.